The molecule has 1 saturated heterocycles. The number of carbonyl (C=O) groups excluding carboxylic acids is 1. The van der Waals surface area contributed by atoms with Gasteiger partial charge in [-0.3, -0.25) is 4.79 Å². The van der Waals surface area contributed by atoms with Crippen molar-refractivity contribution in [1.29, 1.82) is 0 Å². The normalized spacial score (nSPS) is 14.6. The van der Waals surface area contributed by atoms with Crippen LogP contribution in [0.25, 0.3) is 0 Å². The summed E-state index contributed by atoms with van der Waals surface area (Å²) in [6.45, 7) is 5.45. The molecule has 23 heavy (non-hydrogen) atoms. The van der Waals surface area contributed by atoms with E-state index in [0.717, 1.165) is 18.7 Å². The van der Waals surface area contributed by atoms with Gasteiger partial charge in [0.1, 0.15) is 0 Å². The first kappa shape index (κ1) is 15.4. The second-order valence-corrected chi connectivity index (χ2v) is 5.54. The lowest BCUT2D eigenvalue weighted by atomic mass is 10.1. The number of nitrogens with one attached hydrogen (secondary N) is 1. The predicted octanol–water partition coefficient (Wildman–Crippen LogP) is 1.55. The number of aromatic nitrogens is 2. The highest BCUT2D eigenvalue weighted by atomic mass is 16.5. The Labute approximate surface area is 135 Å². The standard InChI is InChI=1S/C17H20N4O2/c1-13-2-4-14(5-3-13)10-18-16(22)15-11-19-17(20-12-15)21-6-8-23-9-7-21/h2-5,11-12H,6-10H2,1H3,(H,18,22). The van der Waals surface area contributed by atoms with Gasteiger partial charge in [0.05, 0.1) is 18.8 Å². The molecule has 1 aliphatic heterocycles. The van der Waals surface area contributed by atoms with Gasteiger partial charge in [0.25, 0.3) is 5.91 Å². The average molecular weight is 312 g/mol. The molecular formula is C17H20N4O2. The number of benzene rings is 1. The van der Waals surface area contributed by atoms with E-state index in [1.54, 1.807) is 12.4 Å². The van der Waals surface area contributed by atoms with Crippen molar-refractivity contribution >= 4 is 11.9 Å². The van der Waals surface area contributed by atoms with Crippen molar-refractivity contribution in [2.24, 2.45) is 0 Å². The highest BCUT2D eigenvalue weighted by Gasteiger charge is 2.14. The molecule has 6 heteroatoms. The summed E-state index contributed by atoms with van der Waals surface area (Å²) < 4.78 is 5.30. The van der Waals surface area contributed by atoms with Gasteiger partial charge in [0.15, 0.2) is 0 Å². The van der Waals surface area contributed by atoms with Crippen molar-refractivity contribution in [3.63, 3.8) is 0 Å². The molecule has 3 rings (SSSR count). The summed E-state index contributed by atoms with van der Waals surface area (Å²) in [7, 11) is 0. The summed E-state index contributed by atoms with van der Waals surface area (Å²) in [4.78, 5) is 22.8. The summed E-state index contributed by atoms with van der Waals surface area (Å²) >= 11 is 0. The number of nitrogens with zero attached hydrogens (tertiary/aromatic N) is 3. The monoisotopic (exact) mass is 312 g/mol. The third-order valence-electron chi connectivity index (χ3n) is 3.77. The van der Waals surface area contributed by atoms with Crippen molar-refractivity contribution in [2.45, 2.75) is 13.5 Å². The fraction of sp³-hybridized carbons (Fsp3) is 0.353. The van der Waals surface area contributed by atoms with Crippen LogP contribution in [0.2, 0.25) is 0 Å². The zero-order valence-electron chi connectivity index (χ0n) is 13.2. The van der Waals surface area contributed by atoms with E-state index in [9.17, 15) is 4.79 Å². The lowest BCUT2D eigenvalue weighted by Gasteiger charge is -2.26. The summed E-state index contributed by atoms with van der Waals surface area (Å²) in [6, 6.07) is 8.07. The SMILES string of the molecule is Cc1ccc(CNC(=O)c2cnc(N3CCOCC3)nc2)cc1. The molecule has 0 bridgehead atoms. The molecule has 1 N–H and O–H groups in total. The summed E-state index contributed by atoms with van der Waals surface area (Å²) in [6.07, 6.45) is 3.14. The Balaban J connectivity index is 1.57. The minimum atomic E-state index is -0.167. The smallest absolute Gasteiger partial charge is 0.254 e. The second-order valence-electron chi connectivity index (χ2n) is 5.54. The maximum atomic E-state index is 12.1. The van der Waals surface area contributed by atoms with Crippen molar-refractivity contribution in [2.75, 3.05) is 31.2 Å². The molecule has 0 unspecified atom stereocenters. The zero-order valence-corrected chi connectivity index (χ0v) is 13.2. The van der Waals surface area contributed by atoms with Crippen molar-refractivity contribution in [1.82, 2.24) is 15.3 Å². The third-order valence-corrected chi connectivity index (χ3v) is 3.77. The minimum Gasteiger partial charge on any atom is -0.378 e. The fourth-order valence-corrected chi connectivity index (χ4v) is 2.36. The predicted molar refractivity (Wildman–Crippen MR) is 87.4 cm³/mol. The number of aryl methyl sites for hydroxylation is 1. The Bertz CT molecular complexity index is 649. The Hall–Kier alpha value is -2.47. The van der Waals surface area contributed by atoms with E-state index in [0.29, 0.717) is 31.3 Å². The van der Waals surface area contributed by atoms with Crippen LogP contribution in [-0.4, -0.2) is 42.2 Å². The summed E-state index contributed by atoms with van der Waals surface area (Å²) in [5.41, 5.74) is 2.73. The molecular weight excluding hydrogens is 292 g/mol. The maximum absolute atomic E-state index is 12.1. The molecule has 0 spiro atoms. The van der Waals surface area contributed by atoms with E-state index in [-0.39, 0.29) is 5.91 Å². The number of morpholine rings is 1. The molecule has 2 aromatic rings. The molecule has 1 fully saturated rings. The molecule has 1 aromatic heterocycles. The molecule has 0 saturated carbocycles. The van der Waals surface area contributed by atoms with Crippen molar-refractivity contribution < 1.29 is 9.53 Å². The summed E-state index contributed by atoms with van der Waals surface area (Å²) in [5.74, 6) is 0.475. The van der Waals surface area contributed by atoms with Crippen LogP contribution in [0.1, 0.15) is 21.5 Å². The lowest BCUT2D eigenvalue weighted by molar-refractivity contribution is 0.0950. The average Bonchev–Trinajstić information content (AvgIpc) is 2.62. The van der Waals surface area contributed by atoms with Crippen LogP contribution in [0.5, 0.6) is 0 Å². The molecule has 0 aliphatic carbocycles. The first-order valence-electron chi connectivity index (χ1n) is 7.71. The Morgan fingerprint density at radius 2 is 1.83 bits per heavy atom. The van der Waals surface area contributed by atoms with E-state index < -0.39 is 0 Å². The molecule has 120 valence electrons. The van der Waals surface area contributed by atoms with Gasteiger partial charge >= 0.3 is 0 Å². The van der Waals surface area contributed by atoms with Gasteiger partial charge in [-0.25, -0.2) is 9.97 Å². The number of hydrogen-bond donors (Lipinski definition) is 1. The van der Waals surface area contributed by atoms with E-state index in [1.165, 1.54) is 5.56 Å². The minimum absolute atomic E-state index is 0.167. The van der Waals surface area contributed by atoms with Crippen molar-refractivity contribution in [3.05, 3.63) is 53.3 Å². The Morgan fingerprint density at radius 3 is 2.48 bits per heavy atom. The number of amides is 1. The highest BCUT2D eigenvalue weighted by molar-refractivity contribution is 5.93. The first-order chi connectivity index (χ1) is 11.2. The number of ether oxygens (including phenoxy) is 1. The Morgan fingerprint density at radius 1 is 1.17 bits per heavy atom. The van der Waals surface area contributed by atoms with Crippen LogP contribution in [-0.2, 0) is 11.3 Å². The van der Waals surface area contributed by atoms with Crippen LogP contribution in [0, 0.1) is 6.92 Å². The van der Waals surface area contributed by atoms with E-state index >= 15 is 0 Å². The molecule has 1 amide bonds. The fourth-order valence-electron chi connectivity index (χ4n) is 2.36. The van der Waals surface area contributed by atoms with E-state index in [1.807, 2.05) is 31.2 Å². The van der Waals surface area contributed by atoms with E-state index in [4.69, 9.17) is 4.74 Å². The molecule has 6 nitrogen and oxygen atoms in total. The van der Waals surface area contributed by atoms with Gasteiger partial charge in [-0.2, -0.15) is 0 Å². The van der Waals surface area contributed by atoms with Gasteiger partial charge in [-0.05, 0) is 12.5 Å². The number of anilines is 1. The largest absolute Gasteiger partial charge is 0.378 e. The van der Waals surface area contributed by atoms with Crippen LogP contribution >= 0.6 is 0 Å². The second kappa shape index (κ2) is 7.19. The maximum Gasteiger partial charge on any atom is 0.254 e. The van der Waals surface area contributed by atoms with Gasteiger partial charge in [0.2, 0.25) is 5.95 Å². The van der Waals surface area contributed by atoms with Gasteiger partial charge < -0.3 is 15.0 Å². The van der Waals surface area contributed by atoms with Crippen LogP contribution in [0.4, 0.5) is 5.95 Å². The van der Waals surface area contributed by atoms with Gasteiger partial charge in [-0.15, -0.1) is 0 Å². The molecule has 1 aromatic carbocycles. The summed E-state index contributed by atoms with van der Waals surface area (Å²) in [5, 5.41) is 2.88. The highest BCUT2D eigenvalue weighted by Crippen LogP contribution is 2.09. The van der Waals surface area contributed by atoms with Gasteiger partial charge in [-0.1, -0.05) is 29.8 Å². The number of carbonyl (C=O) groups is 1. The van der Waals surface area contributed by atoms with Crippen molar-refractivity contribution in [3.8, 4) is 0 Å². The third kappa shape index (κ3) is 4.04. The van der Waals surface area contributed by atoms with Crippen LogP contribution in [0.3, 0.4) is 0 Å². The molecule has 1 aliphatic rings. The zero-order chi connectivity index (χ0) is 16.1. The number of hydrogen-bond acceptors (Lipinski definition) is 5. The van der Waals surface area contributed by atoms with E-state index in [2.05, 4.69) is 20.2 Å². The number of rotatable bonds is 4. The molecule has 0 radical (unpaired) electrons. The van der Waals surface area contributed by atoms with Crippen LogP contribution in [0.15, 0.2) is 36.7 Å². The quantitative estimate of drug-likeness (QED) is 0.928. The van der Waals surface area contributed by atoms with Crippen LogP contribution < -0.4 is 10.2 Å². The lowest BCUT2D eigenvalue weighted by Crippen LogP contribution is -2.37. The molecule has 2 heterocycles. The Kier molecular flexibility index (Phi) is 4.83. The first-order valence-corrected chi connectivity index (χ1v) is 7.71. The topological polar surface area (TPSA) is 67.4 Å². The van der Waals surface area contributed by atoms with Gasteiger partial charge in [0, 0.05) is 32.0 Å². The molecule has 0 atom stereocenters.